The number of benzene rings is 2. The molecule has 0 N–H and O–H groups in total. The number of carbonyl (C=O) groups is 1. The van der Waals surface area contributed by atoms with E-state index in [4.69, 9.17) is 25.5 Å². The van der Waals surface area contributed by atoms with Crippen molar-refractivity contribution < 1.29 is 18.7 Å². The fourth-order valence-corrected chi connectivity index (χ4v) is 3.72. The number of methoxy groups -OCH3 is 1. The molecule has 2 aromatic carbocycles. The zero-order valence-electron chi connectivity index (χ0n) is 17.2. The van der Waals surface area contributed by atoms with Crippen LogP contribution in [0.25, 0.3) is 11.0 Å². The van der Waals surface area contributed by atoms with E-state index >= 15 is 0 Å². The number of carbonyl (C=O) groups excluding carboxylic acids is 1. The summed E-state index contributed by atoms with van der Waals surface area (Å²) in [5.74, 6) is 0.927. The highest BCUT2D eigenvalue weighted by Gasteiger charge is 2.25. The van der Waals surface area contributed by atoms with Crippen LogP contribution in [0.5, 0.6) is 11.5 Å². The van der Waals surface area contributed by atoms with Crippen LogP contribution >= 0.6 is 11.6 Å². The van der Waals surface area contributed by atoms with E-state index in [-0.39, 0.29) is 11.5 Å². The zero-order valence-corrected chi connectivity index (χ0v) is 17.9. The maximum atomic E-state index is 12.9. The molecule has 2 heterocycles. The first kappa shape index (κ1) is 21.2. The predicted octanol–water partition coefficient (Wildman–Crippen LogP) is 3.29. The molecule has 0 aliphatic carbocycles. The Bertz CT molecular complexity index is 1120. The second kappa shape index (κ2) is 9.41. The van der Waals surface area contributed by atoms with Crippen LogP contribution in [-0.2, 0) is 0 Å². The van der Waals surface area contributed by atoms with Crippen molar-refractivity contribution in [3.63, 3.8) is 0 Å². The van der Waals surface area contributed by atoms with E-state index in [2.05, 4.69) is 4.90 Å². The summed E-state index contributed by atoms with van der Waals surface area (Å²) >= 11 is 5.88. The third-order valence-corrected chi connectivity index (χ3v) is 5.58. The number of fused-ring (bicyclic) bond motifs is 1. The molecule has 31 heavy (non-hydrogen) atoms. The minimum atomic E-state index is -0.652. The first-order valence-corrected chi connectivity index (χ1v) is 10.4. The molecule has 3 aromatic rings. The van der Waals surface area contributed by atoms with E-state index < -0.39 is 5.63 Å². The van der Waals surface area contributed by atoms with Crippen molar-refractivity contribution in [2.45, 2.75) is 0 Å². The minimum absolute atomic E-state index is 0.0419. The smallest absolute Gasteiger partial charge is 0.349 e. The Kier molecular flexibility index (Phi) is 6.44. The molecule has 1 amide bonds. The van der Waals surface area contributed by atoms with Crippen LogP contribution in [0, 0.1) is 0 Å². The molecule has 1 fully saturated rings. The Morgan fingerprint density at radius 3 is 2.55 bits per heavy atom. The Morgan fingerprint density at radius 2 is 1.84 bits per heavy atom. The summed E-state index contributed by atoms with van der Waals surface area (Å²) < 4.78 is 16.4. The van der Waals surface area contributed by atoms with Crippen molar-refractivity contribution >= 4 is 28.5 Å². The van der Waals surface area contributed by atoms with Gasteiger partial charge in [0.25, 0.3) is 5.91 Å². The molecule has 0 radical (unpaired) electrons. The van der Waals surface area contributed by atoms with Gasteiger partial charge in [-0.05, 0) is 36.4 Å². The van der Waals surface area contributed by atoms with Gasteiger partial charge in [-0.1, -0.05) is 23.7 Å². The number of rotatable bonds is 6. The Morgan fingerprint density at radius 1 is 1.10 bits per heavy atom. The number of piperazine rings is 1. The third kappa shape index (κ3) is 4.84. The molecule has 1 saturated heterocycles. The standard InChI is InChI=1S/C23H23ClN2O5/c1-29-20-4-2-3-16-15-19(23(28)31-21(16)20)22(27)26-11-9-25(10-12-26)13-14-30-18-7-5-17(24)6-8-18/h2-8,15H,9-14H2,1H3. The molecule has 1 aromatic heterocycles. The van der Waals surface area contributed by atoms with Gasteiger partial charge in [-0.2, -0.15) is 0 Å². The first-order valence-electron chi connectivity index (χ1n) is 10.1. The van der Waals surface area contributed by atoms with Crippen LogP contribution in [0.2, 0.25) is 5.02 Å². The zero-order chi connectivity index (χ0) is 21.8. The summed E-state index contributed by atoms with van der Waals surface area (Å²) in [4.78, 5) is 29.3. The molecule has 0 spiro atoms. The van der Waals surface area contributed by atoms with E-state index in [0.29, 0.717) is 54.5 Å². The summed E-state index contributed by atoms with van der Waals surface area (Å²) in [5, 5.41) is 1.33. The summed E-state index contributed by atoms with van der Waals surface area (Å²) in [5.41, 5.74) is -0.266. The van der Waals surface area contributed by atoms with Gasteiger partial charge in [0.15, 0.2) is 11.3 Å². The number of para-hydroxylation sites is 1. The van der Waals surface area contributed by atoms with E-state index in [9.17, 15) is 9.59 Å². The highest BCUT2D eigenvalue weighted by Crippen LogP contribution is 2.25. The van der Waals surface area contributed by atoms with E-state index in [1.165, 1.54) is 7.11 Å². The van der Waals surface area contributed by atoms with Crippen LogP contribution in [0.15, 0.2) is 57.7 Å². The predicted molar refractivity (Wildman–Crippen MR) is 118 cm³/mol. The van der Waals surface area contributed by atoms with Crippen molar-refractivity contribution in [1.29, 1.82) is 0 Å². The van der Waals surface area contributed by atoms with Crippen LogP contribution in [0.3, 0.4) is 0 Å². The van der Waals surface area contributed by atoms with E-state index in [1.807, 2.05) is 12.1 Å². The summed E-state index contributed by atoms with van der Waals surface area (Å²) in [7, 11) is 1.51. The van der Waals surface area contributed by atoms with Crippen molar-refractivity contribution in [3.8, 4) is 11.5 Å². The molecule has 0 atom stereocenters. The van der Waals surface area contributed by atoms with Gasteiger partial charge in [0, 0.05) is 43.1 Å². The number of halogens is 1. The van der Waals surface area contributed by atoms with Crippen LogP contribution in [0.4, 0.5) is 0 Å². The van der Waals surface area contributed by atoms with Crippen LogP contribution < -0.4 is 15.1 Å². The molecule has 162 valence electrons. The van der Waals surface area contributed by atoms with E-state index in [1.54, 1.807) is 41.3 Å². The third-order valence-electron chi connectivity index (χ3n) is 5.32. The first-order chi connectivity index (χ1) is 15.0. The second-order valence-electron chi connectivity index (χ2n) is 7.26. The summed E-state index contributed by atoms with van der Waals surface area (Å²) in [6.07, 6.45) is 0. The van der Waals surface area contributed by atoms with Crippen molar-refractivity contribution in [1.82, 2.24) is 9.80 Å². The normalized spacial score (nSPS) is 14.6. The van der Waals surface area contributed by atoms with Crippen molar-refractivity contribution in [3.05, 3.63) is 69.5 Å². The SMILES string of the molecule is COc1cccc2cc(C(=O)N3CCN(CCOc4ccc(Cl)cc4)CC3)c(=O)oc12. The molecule has 1 aliphatic rings. The lowest BCUT2D eigenvalue weighted by Gasteiger charge is -2.34. The average molecular weight is 443 g/mol. The lowest BCUT2D eigenvalue weighted by molar-refractivity contribution is 0.0616. The van der Waals surface area contributed by atoms with Gasteiger partial charge in [0.2, 0.25) is 0 Å². The number of ether oxygens (including phenoxy) is 2. The van der Waals surface area contributed by atoms with Crippen LogP contribution in [-0.4, -0.2) is 62.1 Å². The van der Waals surface area contributed by atoms with Gasteiger partial charge >= 0.3 is 5.63 Å². The molecular formula is C23H23ClN2O5. The van der Waals surface area contributed by atoms with Crippen LogP contribution in [0.1, 0.15) is 10.4 Å². The molecule has 1 aliphatic heterocycles. The van der Waals surface area contributed by atoms with Gasteiger partial charge in [-0.3, -0.25) is 9.69 Å². The Balaban J connectivity index is 1.34. The fraction of sp³-hybridized carbons (Fsp3) is 0.304. The Hall–Kier alpha value is -3.03. The maximum absolute atomic E-state index is 12.9. The molecule has 0 saturated carbocycles. The van der Waals surface area contributed by atoms with Crippen molar-refractivity contribution in [2.24, 2.45) is 0 Å². The van der Waals surface area contributed by atoms with Gasteiger partial charge < -0.3 is 18.8 Å². The molecule has 8 heteroatoms. The lowest BCUT2D eigenvalue weighted by atomic mass is 10.1. The highest BCUT2D eigenvalue weighted by molar-refractivity contribution is 6.30. The average Bonchev–Trinajstić information content (AvgIpc) is 2.79. The number of nitrogens with zero attached hydrogens (tertiary/aromatic N) is 2. The number of amides is 1. The molecule has 0 bridgehead atoms. The fourth-order valence-electron chi connectivity index (χ4n) is 3.60. The Labute approximate surface area is 184 Å². The highest BCUT2D eigenvalue weighted by atomic mass is 35.5. The van der Waals surface area contributed by atoms with Gasteiger partial charge in [-0.15, -0.1) is 0 Å². The topological polar surface area (TPSA) is 72.2 Å². The van der Waals surface area contributed by atoms with Gasteiger partial charge in [0.05, 0.1) is 7.11 Å². The maximum Gasteiger partial charge on any atom is 0.349 e. The molecule has 4 rings (SSSR count). The molecular weight excluding hydrogens is 420 g/mol. The molecule has 0 unspecified atom stereocenters. The van der Waals surface area contributed by atoms with E-state index in [0.717, 1.165) is 12.3 Å². The van der Waals surface area contributed by atoms with Gasteiger partial charge in [-0.25, -0.2) is 4.79 Å². The lowest BCUT2D eigenvalue weighted by Crippen LogP contribution is -2.50. The van der Waals surface area contributed by atoms with Gasteiger partial charge in [0.1, 0.15) is 17.9 Å². The minimum Gasteiger partial charge on any atom is -0.493 e. The van der Waals surface area contributed by atoms with Crippen molar-refractivity contribution in [2.75, 3.05) is 46.4 Å². The quantitative estimate of drug-likeness (QED) is 0.545. The second-order valence-corrected chi connectivity index (χ2v) is 7.70. The summed E-state index contributed by atoms with van der Waals surface area (Å²) in [6, 6.07) is 14.1. The number of hydrogen-bond acceptors (Lipinski definition) is 6. The monoisotopic (exact) mass is 442 g/mol. The summed E-state index contributed by atoms with van der Waals surface area (Å²) in [6.45, 7) is 3.80. The molecule has 7 nitrogen and oxygen atoms in total. The largest absolute Gasteiger partial charge is 0.493 e. The number of hydrogen-bond donors (Lipinski definition) is 0.